The SMILES string of the molecule is CC(=O)[C@@H](N)CCC(=O)Nc1ccccc1N1CCN(C)CC1. The van der Waals surface area contributed by atoms with Crippen molar-refractivity contribution in [3.63, 3.8) is 0 Å². The van der Waals surface area contributed by atoms with Gasteiger partial charge in [0, 0.05) is 32.6 Å². The van der Waals surface area contributed by atoms with E-state index in [0.29, 0.717) is 6.42 Å². The molecule has 2 rings (SSSR count). The summed E-state index contributed by atoms with van der Waals surface area (Å²) in [5.74, 6) is -0.195. The van der Waals surface area contributed by atoms with Crippen LogP contribution in [0.5, 0.6) is 0 Å². The van der Waals surface area contributed by atoms with E-state index in [4.69, 9.17) is 5.73 Å². The van der Waals surface area contributed by atoms with Crippen LogP contribution in [0.2, 0.25) is 0 Å². The summed E-state index contributed by atoms with van der Waals surface area (Å²) in [6.45, 7) is 5.36. The highest BCUT2D eigenvalue weighted by Gasteiger charge is 2.18. The van der Waals surface area contributed by atoms with E-state index in [-0.39, 0.29) is 18.1 Å². The Kier molecular flexibility index (Phi) is 6.12. The highest BCUT2D eigenvalue weighted by atomic mass is 16.1. The number of Topliss-reactive ketones (excluding diaryl/α,β-unsaturated/α-hetero) is 1. The second-order valence-corrected chi connectivity index (χ2v) is 6.11. The summed E-state index contributed by atoms with van der Waals surface area (Å²) in [5.41, 5.74) is 7.54. The maximum atomic E-state index is 12.1. The molecule has 6 nitrogen and oxygen atoms in total. The third-order valence-electron chi connectivity index (χ3n) is 4.23. The van der Waals surface area contributed by atoms with Crippen molar-refractivity contribution in [2.24, 2.45) is 5.73 Å². The Balaban J connectivity index is 1.97. The molecule has 0 bridgehead atoms. The third-order valence-corrected chi connectivity index (χ3v) is 4.23. The highest BCUT2D eigenvalue weighted by molar-refractivity contribution is 5.94. The topological polar surface area (TPSA) is 78.7 Å². The molecule has 1 fully saturated rings. The molecule has 0 unspecified atom stereocenters. The van der Waals surface area contributed by atoms with Crippen molar-refractivity contribution in [1.82, 2.24) is 4.90 Å². The van der Waals surface area contributed by atoms with Crippen LogP contribution in [0.4, 0.5) is 11.4 Å². The van der Waals surface area contributed by atoms with Crippen LogP contribution >= 0.6 is 0 Å². The fraction of sp³-hybridized carbons (Fsp3) is 0.529. The van der Waals surface area contributed by atoms with Gasteiger partial charge in [0.25, 0.3) is 0 Å². The molecule has 0 saturated carbocycles. The summed E-state index contributed by atoms with van der Waals surface area (Å²) < 4.78 is 0. The lowest BCUT2D eigenvalue weighted by Gasteiger charge is -2.35. The molecule has 6 heteroatoms. The number of piperazine rings is 1. The van der Waals surface area contributed by atoms with E-state index in [1.165, 1.54) is 6.92 Å². The van der Waals surface area contributed by atoms with Gasteiger partial charge in [0.1, 0.15) is 5.78 Å². The molecule has 23 heavy (non-hydrogen) atoms. The molecule has 1 aliphatic heterocycles. The molecule has 0 radical (unpaired) electrons. The second-order valence-electron chi connectivity index (χ2n) is 6.11. The van der Waals surface area contributed by atoms with Crippen molar-refractivity contribution in [3.8, 4) is 0 Å². The molecule has 1 atom stereocenters. The van der Waals surface area contributed by atoms with Gasteiger partial charge in [-0.1, -0.05) is 12.1 Å². The molecule has 0 aliphatic carbocycles. The highest BCUT2D eigenvalue weighted by Crippen LogP contribution is 2.26. The minimum Gasteiger partial charge on any atom is -0.367 e. The number of benzene rings is 1. The van der Waals surface area contributed by atoms with Gasteiger partial charge in [-0.25, -0.2) is 0 Å². The number of nitrogens with one attached hydrogen (secondary N) is 1. The summed E-state index contributed by atoms with van der Waals surface area (Å²) in [4.78, 5) is 27.8. The third kappa shape index (κ3) is 5.04. The second kappa shape index (κ2) is 8.08. The molecule has 1 aromatic carbocycles. The van der Waals surface area contributed by atoms with Gasteiger partial charge in [0.2, 0.25) is 5.91 Å². The van der Waals surface area contributed by atoms with Gasteiger partial charge in [-0.2, -0.15) is 0 Å². The number of hydrogen-bond donors (Lipinski definition) is 2. The number of carbonyl (C=O) groups excluding carboxylic acids is 2. The summed E-state index contributed by atoms with van der Waals surface area (Å²) in [7, 11) is 2.11. The Hall–Kier alpha value is -1.92. The first-order valence-electron chi connectivity index (χ1n) is 8.06. The molecule has 0 aromatic heterocycles. The zero-order valence-corrected chi connectivity index (χ0v) is 13.9. The van der Waals surface area contributed by atoms with Crippen LogP contribution in [-0.4, -0.2) is 55.9 Å². The lowest BCUT2D eigenvalue weighted by Crippen LogP contribution is -2.44. The Labute approximate surface area is 137 Å². The zero-order chi connectivity index (χ0) is 16.8. The average molecular weight is 318 g/mol. The quantitative estimate of drug-likeness (QED) is 0.820. The minimum atomic E-state index is -0.561. The van der Waals surface area contributed by atoms with Gasteiger partial charge in [0.15, 0.2) is 0 Å². The molecule has 0 spiro atoms. The lowest BCUT2D eigenvalue weighted by atomic mass is 10.1. The van der Waals surface area contributed by atoms with Crippen LogP contribution in [-0.2, 0) is 9.59 Å². The smallest absolute Gasteiger partial charge is 0.224 e. The first-order chi connectivity index (χ1) is 11.0. The van der Waals surface area contributed by atoms with E-state index >= 15 is 0 Å². The van der Waals surface area contributed by atoms with Crippen LogP contribution in [0, 0.1) is 0 Å². The predicted molar refractivity (Wildman–Crippen MR) is 92.7 cm³/mol. The zero-order valence-electron chi connectivity index (χ0n) is 13.9. The number of nitrogens with zero attached hydrogens (tertiary/aromatic N) is 2. The summed E-state index contributed by atoms with van der Waals surface area (Å²) in [5, 5.41) is 2.95. The number of likely N-dealkylation sites (N-methyl/N-ethyl adjacent to an activating group) is 1. The number of hydrogen-bond acceptors (Lipinski definition) is 5. The van der Waals surface area contributed by atoms with Gasteiger partial charge < -0.3 is 20.9 Å². The van der Waals surface area contributed by atoms with Crippen molar-refractivity contribution < 1.29 is 9.59 Å². The molecule has 1 heterocycles. The van der Waals surface area contributed by atoms with Crippen molar-refractivity contribution in [2.45, 2.75) is 25.8 Å². The van der Waals surface area contributed by atoms with E-state index < -0.39 is 6.04 Å². The number of anilines is 2. The Bertz CT molecular complexity index is 553. The molecular formula is C17H26N4O2. The number of carbonyl (C=O) groups is 2. The molecular weight excluding hydrogens is 292 g/mol. The predicted octanol–water partition coefficient (Wildman–Crippen LogP) is 1.07. The summed E-state index contributed by atoms with van der Waals surface area (Å²) in [6.07, 6.45) is 0.621. The van der Waals surface area contributed by atoms with Gasteiger partial charge >= 0.3 is 0 Å². The average Bonchev–Trinajstić information content (AvgIpc) is 2.54. The van der Waals surface area contributed by atoms with E-state index in [1.54, 1.807) is 0 Å². The number of para-hydroxylation sites is 2. The maximum Gasteiger partial charge on any atom is 0.224 e. The van der Waals surface area contributed by atoms with Crippen LogP contribution < -0.4 is 16.0 Å². The van der Waals surface area contributed by atoms with Crippen molar-refractivity contribution >= 4 is 23.1 Å². The monoisotopic (exact) mass is 318 g/mol. The summed E-state index contributed by atoms with van der Waals surface area (Å²) >= 11 is 0. The van der Waals surface area contributed by atoms with Gasteiger partial charge in [-0.3, -0.25) is 9.59 Å². The fourth-order valence-corrected chi connectivity index (χ4v) is 2.61. The van der Waals surface area contributed by atoms with Crippen LogP contribution in [0.3, 0.4) is 0 Å². The number of nitrogens with two attached hydrogens (primary N) is 1. The van der Waals surface area contributed by atoms with Crippen molar-refractivity contribution in [3.05, 3.63) is 24.3 Å². The first-order valence-corrected chi connectivity index (χ1v) is 8.06. The Morgan fingerprint density at radius 1 is 1.22 bits per heavy atom. The van der Waals surface area contributed by atoms with Crippen molar-refractivity contribution in [2.75, 3.05) is 43.4 Å². The molecule has 1 amide bonds. The molecule has 3 N–H and O–H groups in total. The summed E-state index contributed by atoms with van der Waals surface area (Å²) in [6, 6.07) is 7.28. The van der Waals surface area contributed by atoms with E-state index in [9.17, 15) is 9.59 Å². The Morgan fingerprint density at radius 3 is 2.52 bits per heavy atom. The normalized spacial score (nSPS) is 16.9. The van der Waals surface area contributed by atoms with Crippen LogP contribution in [0.1, 0.15) is 19.8 Å². The fourth-order valence-electron chi connectivity index (χ4n) is 2.61. The first kappa shape index (κ1) is 17.4. The molecule has 126 valence electrons. The standard InChI is InChI=1S/C17H26N4O2/c1-13(22)14(18)7-8-17(23)19-15-5-3-4-6-16(15)21-11-9-20(2)10-12-21/h3-6,14H,7-12,18H2,1-2H3,(H,19,23)/t14-/m0/s1. The van der Waals surface area contributed by atoms with Gasteiger partial charge in [-0.15, -0.1) is 0 Å². The van der Waals surface area contributed by atoms with Crippen molar-refractivity contribution in [1.29, 1.82) is 0 Å². The van der Waals surface area contributed by atoms with E-state index in [2.05, 4.69) is 22.2 Å². The van der Waals surface area contributed by atoms with E-state index in [0.717, 1.165) is 37.6 Å². The van der Waals surface area contributed by atoms with Gasteiger partial charge in [0.05, 0.1) is 17.4 Å². The molecule has 1 aromatic rings. The number of rotatable bonds is 6. The largest absolute Gasteiger partial charge is 0.367 e. The maximum absolute atomic E-state index is 12.1. The molecule has 1 aliphatic rings. The number of amides is 1. The van der Waals surface area contributed by atoms with Crippen LogP contribution in [0.25, 0.3) is 0 Å². The van der Waals surface area contributed by atoms with E-state index in [1.807, 2.05) is 24.3 Å². The van der Waals surface area contributed by atoms with Gasteiger partial charge in [-0.05, 0) is 32.5 Å². The lowest BCUT2D eigenvalue weighted by molar-refractivity contribution is -0.119. The number of ketones is 1. The Morgan fingerprint density at radius 2 is 1.87 bits per heavy atom. The van der Waals surface area contributed by atoms with Crippen LogP contribution in [0.15, 0.2) is 24.3 Å². The minimum absolute atomic E-state index is 0.0874. The molecule has 1 saturated heterocycles.